The number of nitrogens with one attached hydrogen (secondary N) is 2. The molecule has 0 spiro atoms. The molecule has 8 aromatic rings. The molecule has 8 rings (SSSR count). The Bertz CT molecular complexity index is 2800. The molecule has 8 nitrogen and oxygen atoms in total. The zero-order valence-corrected chi connectivity index (χ0v) is 39.1. The van der Waals surface area contributed by atoms with Crippen molar-refractivity contribution in [1.29, 1.82) is 0 Å². The van der Waals surface area contributed by atoms with E-state index in [9.17, 15) is 16.8 Å². The first-order valence-electron chi connectivity index (χ1n) is 18.0. The van der Waals surface area contributed by atoms with Crippen LogP contribution < -0.4 is 10.6 Å². The van der Waals surface area contributed by atoms with Crippen molar-refractivity contribution in [2.45, 2.75) is 36.7 Å². The molecular formula is C44H36Br4N4O4S2. The molecule has 0 aliphatic heterocycles. The summed E-state index contributed by atoms with van der Waals surface area (Å²) >= 11 is 14.4. The van der Waals surface area contributed by atoms with Crippen LogP contribution in [0.25, 0.3) is 21.8 Å². The Morgan fingerprint density at radius 2 is 0.810 bits per heavy atom. The normalized spacial score (nSPS) is 11.7. The zero-order valence-electron chi connectivity index (χ0n) is 31.1. The Hall–Kier alpha value is -4.18. The van der Waals surface area contributed by atoms with Crippen LogP contribution in [0.2, 0.25) is 0 Å². The highest BCUT2D eigenvalue weighted by molar-refractivity contribution is 9.11. The largest absolute Gasteiger partial charge is 0.378 e. The summed E-state index contributed by atoms with van der Waals surface area (Å²) in [5, 5.41) is 8.43. The molecule has 0 unspecified atom stereocenters. The van der Waals surface area contributed by atoms with Crippen LogP contribution >= 0.6 is 63.7 Å². The molecule has 0 saturated heterocycles. The van der Waals surface area contributed by atoms with Gasteiger partial charge in [0.2, 0.25) is 0 Å². The molecule has 58 heavy (non-hydrogen) atoms. The number of aryl methyl sites for hydroxylation is 2. The van der Waals surface area contributed by atoms with Crippen molar-refractivity contribution in [2.75, 3.05) is 10.6 Å². The van der Waals surface area contributed by atoms with E-state index in [0.29, 0.717) is 35.5 Å². The molecule has 0 atom stereocenters. The lowest BCUT2D eigenvalue weighted by Gasteiger charge is -2.14. The van der Waals surface area contributed by atoms with E-state index >= 15 is 0 Å². The maximum Gasteiger partial charge on any atom is 0.268 e. The smallest absolute Gasteiger partial charge is 0.268 e. The predicted octanol–water partition coefficient (Wildman–Crippen LogP) is 12.6. The summed E-state index contributed by atoms with van der Waals surface area (Å²) in [6, 6.07) is 44.0. The average molecular weight is 1070 g/mol. The highest BCUT2D eigenvalue weighted by atomic mass is 79.9. The predicted molar refractivity (Wildman–Crippen MR) is 250 cm³/mol. The molecule has 0 fully saturated rings. The number of rotatable bonds is 10. The van der Waals surface area contributed by atoms with E-state index in [0.717, 1.165) is 51.2 Å². The van der Waals surface area contributed by atoms with Gasteiger partial charge >= 0.3 is 0 Å². The Kier molecular flexibility index (Phi) is 12.7. The van der Waals surface area contributed by atoms with Gasteiger partial charge in [-0.3, -0.25) is 0 Å². The fourth-order valence-electron chi connectivity index (χ4n) is 6.58. The molecular weight excluding hydrogens is 1030 g/mol. The van der Waals surface area contributed by atoms with Crippen molar-refractivity contribution < 1.29 is 16.8 Å². The highest BCUT2D eigenvalue weighted by Crippen LogP contribution is 2.37. The monoisotopic (exact) mass is 1060 g/mol. The molecule has 0 aliphatic rings. The molecule has 2 heterocycles. The van der Waals surface area contributed by atoms with Crippen LogP contribution in [0.4, 0.5) is 11.4 Å². The van der Waals surface area contributed by atoms with Gasteiger partial charge in [0.15, 0.2) is 0 Å². The van der Waals surface area contributed by atoms with Gasteiger partial charge in [-0.2, -0.15) is 0 Å². The molecule has 0 bridgehead atoms. The van der Waals surface area contributed by atoms with Crippen molar-refractivity contribution >= 4 is 117 Å². The van der Waals surface area contributed by atoms with Gasteiger partial charge in [0, 0.05) is 40.0 Å². The molecule has 2 N–H and O–H groups in total. The number of benzene rings is 6. The van der Waals surface area contributed by atoms with E-state index in [2.05, 4.69) is 74.4 Å². The highest BCUT2D eigenvalue weighted by Gasteiger charge is 2.27. The van der Waals surface area contributed by atoms with Gasteiger partial charge in [0.1, 0.15) is 0 Å². The fourth-order valence-corrected chi connectivity index (χ4v) is 12.5. The number of hydrogen-bond donors (Lipinski definition) is 2. The minimum absolute atomic E-state index is 0.256. The summed E-state index contributed by atoms with van der Waals surface area (Å²) in [5.41, 5.74) is 6.65. The standard InChI is InChI=1S/2C22H18Br2N2O2S/c2*1-15-11-12-19(18(23)13-15)25-14-21-22(24)17-9-5-6-10-20(17)26(21)29(27,28)16-7-3-2-4-8-16/h2*2-13,25H,14H2,1H3. The zero-order chi connectivity index (χ0) is 41.2. The number of para-hydroxylation sites is 2. The first kappa shape index (κ1) is 42.0. The summed E-state index contributed by atoms with van der Waals surface area (Å²) in [7, 11) is -7.52. The summed E-state index contributed by atoms with van der Waals surface area (Å²) in [5.74, 6) is 0. The Labute approximate surface area is 371 Å². The van der Waals surface area contributed by atoms with E-state index in [1.54, 1.807) is 60.7 Å². The first-order chi connectivity index (χ1) is 27.8. The van der Waals surface area contributed by atoms with E-state index in [-0.39, 0.29) is 9.79 Å². The second-order valence-electron chi connectivity index (χ2n) is 13.4. The first-order valence-corrected chi connectivity index (χ1v) is 24.0. The summed E-state index contributed by atoms with van der Waals surface area (Å²) in [4.78, 5) is 0.511. The minimum Gasteiger partial charge on any atom is -0.378 e. The van der Waals surface area contributed by atoms with Gasteiger partial charge in [0.05, 0.1) is 45.3 Å². The molecule has 0 radical (unpaired) electrons. The topological polar surface area (TPSA) is 102 Å². The third kappa shape index (κ3) is 8.45. The van der Waals surface area contributed by atoms with E-state index < -0.39 is 20.0 Å². The van der Waals surface area contributed by atoms with E-state index in [4.69, 9.17) is 0 Å². The molecule has 0 aliphatic carbocycles. The SMILES string of the molecule is Cc1ccc(NCc2c(Br)c3ccccc3n2S(=O)(=O)c2ccccc2)c(Br)c1.Cc1ccc(NCc2c(Br)c3ccccc3n2S(=O)(=O)c2ccccc2)c(Br)c1. The van der Waals surface area contributed by atoms with Crippen molar-refractivity contribution in [2.24, 2.45) is 0 Å². The Balaban J connectivity index is 0.000000177. The number of aromatic nitrogens is 2. The van der Waals surface area contributed by atoms with Crippen LogP contribution in [0, 0.1) is 13.8 Å². The lowest BCUT2D eigenvalue weighted by Crippen LogP contribution is -2.17. The van der Waals surface area contributed by atoms with Crippen molar-refractivity contribution in [3.8, 4) is 0 Å². The minimum atomic E-state index is -3.76. The molecule has 296 valence electrons. The second kappa shape index (κ2) is 17.6. The van der Waals surface area contributed by atoms with Crippen molar-refractivity contribution in [1.82, 2.24) is 7.94 Å². The van der Waals surface area contributed by atoms with Crippen LogP contribution in [-0.4, -0.2) is 24.8 Å². The molecule has 0 amide bonds. The van der Waals surface area contributed by atoms with E-state index in [1.165, 1.54) is 7.94 Å². The van der Waals surface area contributed by atoms with Crippen LogP contribution in [0.3, 0.4) is 0 Å². The van der Waals surface area contributed by atoms with Crippen LogP contribution in [0.15, 0.2) is 173 Å². The summed E-state index contributed by atoms with van der Waals surface area (Å²) in [6.45, 7) is 4.72. The van der Waals surface area contributed by atoms with E-state index in [1.807, 2.05) is 98.8 Å². The van der Waals surface area contributed by atoms with Crippen molar-refractivity contribution in [3.63, 3.8) is 0 Å². The third-order valence-electron chi connectivity index (χ3n) is 9.42. The van der Waals surface area contributed by atoms with Crippen molar-refractivity contribution in [3.05, 3.63) is 186 Å². The maximum atomic E-state index is 13.5. The Morgan fingerprint density at radius 3 is 1.17 bits per heavy atom. The quantitative estimate of drug-likeness (QED) is 0.141. The lowest BCUT2D eigenvalue weighted by atomic mass is 10.2. The number of anilines is 2. The molecule has 0 saturated carbocycles. The van der Waals surface area contributed by atoms with Gasteiger partial charge in [-0.25, -0.2) is 24.8 Å². The van der Waals surface area contributed by atoms with Crippen LogP contribution in [0.1, 0.15) is 22.5 Å². The summed E-state index contributed by atoms with van der Waals surface area (Å²) in [6.07, 6.45) is 0. The number of fused-ring (bicyclic) bond motifs is 2. The maximum absolute atomic E-state index is 13.5. The number of nitrogens with zero attached hydrogens (tertiary/aromatic N) is 2. The Morgan fingerprint density at radius 1 is 0.466 bits per heavy atom. The van der Waals surface area contributed by atoms with Gasteiger partial charge in [-0.1, -0.05) is 84.9 Å². The summed E-state index contributed by atoms with van der Waals surface area (Å²) < 4.78 is 60.3. The second-order valence-corrected chi connectivity index (χ2v) is 20.3. The van der Waals surface area contributed by atoms with Gasteiger partial charge in [-0.05, 0) is 149 Å². The average Bonchev–Trinajstić information content (AvgIpc) is 3.68. The number of halogens is 4. The molecule has 14 heteroatoms. The number of hydrogen-bond acceptors (Lipinski definition) is 6. The van der Waals surface area contributed by atoms with Gasteiger partial charge < -0.3 is 10.6 Å². The van der Waals surface area contributed by atoms with Crippen LogP contribution in [-0.2, 0) is 33.1 Å². The van der Waals surface area contributed by atoms with Gasteiger partial charge in [0.25, 0.3) is 20.0 Å². The molecule has 6 aromatic carbocycles. The lowest BCUT2D eigenvalue weighted by molar-refractivity contribution is 0.585. The third-order valence-corrected chi connectivity index (χ3v) is 16.0. The van der Waals surface area contributed by atoms with Gasteiger partial charge in [-0.15, -0.1) is 0 Å². The fraction of sp³-hybridized carbons (Fsp3) is 0.0909. The molecule has 2 aromatic heterocycles. The van der Waals surface area contributed by atoms with Crippen LogP contribution in [0.5, 0.6) is 0 Å².